The van der Waals surface area contributed by atoms with Crippen molar-refractivity contribution in [2.75, 3.05) is 27.4 Å². The van der Waals surface area contributed by atoms with E-state index in [1.807, 2.05) is 26.0 Å². The van der Waals surface area contributed by atoms with Crippen LogP contribution >= 0.6 is 0 Å². The normalized spacial score (nSPS) is 18.0. The van der Waals surface area contributed by atoms with Crippen LogP contribution in [0.5, 0.6) is 11.5 Å². The lowest BCUT2D eigenvalue weighted by Gasteiger charge is -2.34. The van der Waals surface area contributed by atoms with Gasteiger partial charge >= 0.3 is 0 Å². The Morgan fingerprint density at radius 1 is 1.05 bits per heavy atom. The van der Waals surface area contributed by atoms with Gasteiger partial charge in [-0.25, -0.2) is 0 Å². The summed E-state index contributed by atoms with van der Waals surface area (Å²) in [4.78, 5) is 13.1. The summed E-state index contributed by atoms with van der Waals surface area (Å²) in [5.74, 6) is 2.61. The lowest BCUT2D eigenvalue weighted by molar-refractivity contribution is -0.128. The largest absolute Gasteiger partial charge is 0.493 e. The van der Waals surface area contributed by atoms with Gasteiger partial charge in [0, 0.05) is 38.1 Å². The molecule has 1 aromatic carbocycles. The molecule has 0 saturated heterocycles. The molecule has 0 spiro atoms. The Hall–Kier alpha value is -1.83. The molecule has 7 heteroatoms. The van der Waals surface area contributed by atoms with Crippen LogP contribution in [0.1, 0.15) is 78.7 Å². The summed E-state index contributed by atoms with van der Waals surface area (Å²) in [5.41, 5.74) is 7.72. The molecule has 1 aliphatic carbocycles. The summed E-state index contributed by atoms with van der Waals surface area (Å²) in [6.45, 7) is 11.8. The third-order valence-electron chi connectivity index (χ3n) is 8.35. The van der Waals surface area contributed by atoms with Crippen molar-refractivity contribution in [3.05, 3.63) is 23.8 Å². The second kappa shape index (κ2) is 16.3. The lowest BCUT2D eigenvalue weighted by Crippen LogP contribution is -2.47. The van der Waals surface area contributed by atoms with Crippen molar-refractivity contribution < 1.29 is 24.1 Å². The zero-order chi connectivity index (χ0) is 28.2. The van der Waals surface area contributed by atoms with E-state index in [2.05, 4.69) is 32.2 Å². The van der Waals surface area contributed by atoms with Gasteiger partial charge in [0.25, 0.3) is 0 Å². The van der Waals surface area contributed by atoms with Gasteiger partial charge in [-0.05, 0) is 80.4 Å². The lowest BCUT2D eigenvalue weighted by atomic mass is 9.79. The Bertz CT molecular complexity index is 826. The first-order valence-electron chi connectivity index (χ1n) is 14.6. The maximum atomic E-state index is 13.1. The number of carbonyl (C=O) groups excluding carboxylic acids is 1. The van der Waals surface area contributed by atoms with Crippen LogP contribution in [0.15, 0.2) is 18.2 Å². The first kappa shape index (κ1) is 32.4. The SMILES string of the molecule is COCCCOc1cc(C[C@@H](C[C@H](N)[C@@H](O)C[C@H](C(=O)N[C@@H](C)C2CCC2)C(C)C)C(C)C)ccc1OC. The number of ether oxygens (including phenoxy) is 3. The molecule has 0 heterocycles. The van der Waals surface area contributed by atoms with E-state index in [1.54, 1.807) is 14.2 Å². The predicted molar refractivity (Wildman–Crippen MR) is 154 cm³/mol. The molecule has 1 saturated carbocycles. The van der Waals surface area contributed by atoms with Gasteiger partial charge in [-0.3, -0.25) is 4.79 Å². The number of carbonyl (C=O) groups is 1. The molecule has 0 aliphatic heterocycles. The molecule has 1 aromatic rings. The summed E-state index contributed by atoms with van der Waals surface area (Å²) in [6.07, 6.45) is 5.59. The molecule has 5 atom stereocenters. The van der Waals surface area contributed by atoms with Crippen molar-refractivity contribution >= 4 is 5.91 Å². The van der Waals surface area contributed by atoms with Crippen molar-refractivity contribution in [1.29, 1.82) is 0 Å². The number of amides is 1. The zero-order valence-electron chi connectivity index (χ0n) is 24.9. The van der Waals surface area contributed by atoms with Crippen LogP contribution in [0.3, 0.4) is 0 Å². The summed E-state index contributed by atoms with van der Waals surface area (Å²) < 4.78 is 16.6. The van der Waals surface area contributed by atoms with Crippen LogP contribution in [0.4, 0.5) is 0 Å². The second-order valence-corrected chi connectivity index (χ2v) is 11.9. The summed E-state index contributed by atoms with van der Waals surface area (Å²) in [6, 6.07) is 5.85. The first-order chi connectivity index (χ1) is 18.1. The molecule has 0 aromatic heterocycles. The fourth-order valence-corrected chi connectivity index (χ4v) is 5.25. The maximum Gasteiger partial charge on any atom is 0.223 e. The number of aliphatic hydroxyl groups excluding tert-OH is 1. The monoisotopic (exact) mass is 534 g/mol. The van der Waals surface area contributed by atoms with Gasteiger partial charge in [-0.2, -0.15) is 0 Å². The van der Waals surface area contributed by atoms with E-state index in [0.717, 1.165) is 24.2 Å². The number of nitrogens with one attached hydrogen (secondary N) is 1. The Morgan fingerprint density at radius 2 is 1.76 bits per heavy atom. The fourth-order valence-electron chi connectivity index (χ4n) is 5.25. The minimum atomic E-state index is -0.732. The molecule has 1 aliphatic rings. The number of hydrogen-bond donors (Lipinski definition) is 3. The zero-order valence-corrected chi connectivity index (χ0v) is 24.9. The van der Waals surface area contributed by atoms with Gasteiger partial charge in [0.1, 0.15) is 0 Å². The molecular formula is C31H54N2O5. The predicted octanol–water partition coefficient (Wildman–Crippen LogP) is 4.97. The quantitative estimate of drug-likeness (QED) is 0.230. The van der Waals surface area contributed by atoms with Gasteiger partial charge in [-0.1, -0.05) is 40.2 Å². The molecule has 4 N–H and O–H groups in total. The molecule has 2 rings (SSSR count). The van der Waals surface area contributed by atoms with E-state index in [1.165, 1.54) is 19.3 Å². The molecular weight excluding hydrogens is 480 g/mol. The topological polar surface area (TPSA) is 103 Å². The molecule has 0 radical (unpaired) electrons. The smallest absolute Gasteiger partial charge is 0.223 e. The summed E-state index contributed by atoms with van der Waals surface area (Å²) in [7, 11) is 3.33. The number of benzene rings is 1. The Morgan fingerprint density at radius 3 is 2.32 bits per heavy atom. The first-order valence-corrected chi connectivity index (χ1v) is 14.6. The fraction of sp³-hybridized carbons (Fsp3) is 0.774. The van der Waals surface area contributed by atoms with Crippen molar-refractivity contribution in [3.8, 4) is 11.5 Å². The molecule has 218 valence electrons. The van der Waals surface area contributed by atoms with Gasteiger partial charge in [0.2, 0.25) is 5.91 Å². The molecule has 1 fully saturated rings. The van der Waals surface area contributed by atoms with Gasteiger partial charge in [-0.15, -0.1) is 0 Å². The van der Waals surface area contributed by atoms with E-state index in [9.17, 15) is 9.90 Å². The summed E-state index contributed by atoms with van der Waals surface area (Å²) in [5, 5.41) is 14.3. The van der Waals surface area contributed by atoms with E-state index in [0.29, 0.717) is 43.6 Å². The average Bonchev–Trinajstić information content (AvgIpc) is 2.83. The van der Waals surface area contributed by atoms with E-state index >= 15 is 0 Å². The maximum absolute atomic E-state index is 13.1. The van der Waals surface area contributed by atoms with E-state index in [4.69, 9.17) is 19.9 Å². The Kier molecular flexibility index (Phi) is 13.9. The molecule has 0 unspecified atom stereocenters. The van der Waals surface area contributed by atoms with Crippen LogP contribution in [-0.2, 0) is 16.0 Å². The van der Waals surface area contributed by atoms with Crippen molar-refractivity contribution in [1.82, 2.24) is 5.32 Å². The third-order valence-corrected chi connectivity index (χ3v) is 8.35. The van der Waals surface area contributed by atoms with Crippen molar-refractivity contribution in [3.63, 3.8) is 0 Å². The molecule has 0 bridgehead atoms. The van der Waals surface area contributed by atoms with Crippen LogP contribution in [-0.4, -0.2) is 56.6 Å². The second-order valence-electron chi connectivity index (χ2n) is 11.9. The Balaban J connectivity index is 2.00. The summed E-state index contributed by atoms with van der Waals surface area (Å²) >= 11 is 0. The van der Waals surface area contributed by atoms with Crippen LogP contribution in [0, 0.1) is 29.6 Å². The third kappa shape index (κ3) is 10.0. The van der Waals surface area contributed by atoms with Crippen molar-refractivity contribution in [2.45, 2.75) is 97.8 Å². The Labute approximate surface area is 231 Å². The number of hydrogen-bond acceptors (Lipinski definition) is 6. The minimum absolute atomic E-state index is 0.0438. The van der Waals surface area contributed by atoms with Crippen molar-refractivity contribution in [2.24, 2.45) is 35.3 Å². The van der Waals surface area contributed by atoms with Gasteiger partial charge in [0.15, 0.2) is 11.5 Å². The molecule has 1 amide bonds. The highest BCUT2D eigenvalue weighted by Gasteiger charge is 2.32. The van der Waals surface area contributed by atoms with Crippen LogP contribution in [0.2, 0.25) is 0 Å². The number of rotatable bonds is 18. The standard InChI is InChI=1S/C31H54N2O5/c1-20(2)25(16-23-12-13-29(37-7)30(17-23)38-15-9-14-36-6)18-27(32)28(34)19-26(21(3)4)31(35)33-22(5)24-10-8-11-24/h12-13,17,20-22,24-28,34H,8-11,14-16,18-19,32H2,1-7H3,(H,33,35)/t22-,25-,26-,27-,28-/m0/s1. The van der Waals surface area contributed by atoms with E-state index in [-0.39, 0.29) is 29.7 Å². The van der Waals surface area contributed by atoms with Gasteiger partial charge < -0.3 is 30.4 Å². The number of nitrogens with two attached hydrogens (primary N) is 1. The van der Waals surface area contributed by atoms with Gasteiger partial charge in [0.05, 0.1) is 19.8 Å². The van der Waals surface area contributed by atoms with Crippen LogP contribution in [0.25, 0.3) is 0 Å². The highest BCUT2D eigenvalue weighted by Crippen LogP contribution is 2.32. The highest BCUT2D eigenvalue weighted by atomic mass is 16.5. The highest BCUT2D eigenvalue weighted by molar-refractivity contribution is 5.79. The average molecular weight is 535 g/mol. The van der Waals surface area contributed by atoms with E-state index < -0.39 is 12.1 Å². The molecule has 38 heavy (non-hydrogen) atoms. The number of methoxy groups -OCH3 is 2. The van der Waals surface area contributed by atoms with Crippen LogP contribution < -0.4 is 20.5 Å². The minimum Gasteiger partial charge on any atom is -0.493 e. The number of aliphatic hydroxyl groups is 1. The molecule has 7 nitrogen and oxygen atoms in total.